The molecule has 2 aromatic carbocycles. The van der Waals surface area contributed by atoms with Crippen LogP contribution in [-0.2, 0) is 4.79 Å². The molecule has 0 bridgehead atoms. The van der Waals surface area contributed by atoms with Crippen LogP contribution in [0.4, 0.5) is 17.1 Å². The summed E-state index contributed by atoms with van der Waals surface area (Å²) >= 11 is 7.07. The van der Waals surface area contributed by atoms with E-state index in [9.17, 15) is 10.1 Å². The number of benzene rings is 2. The monoisotopic (exact) mass is 449 g/mol. The summed E-state index contributed by atoms with van der Waals surface area (Å²) in [6.07, 6.45) is 0. The van der Waals surface area contributed by atoms with E-state index >= 15 is 0 Å². The molecule has 8 heteroatoms. The van der Waals surface area contributed by atoms with E-state index in [1.165, 1.54) is 11.8 Å². The zero-order valence-corrected chi connectivity index (χ0v) is 18.9. The number of nitrogens with one attached hydrogen (secondary N) is 1. The largest absolute Gasteiger partial charge is 0.325 e. The lowest BCUT2D eigenvalue weighted by molar-refractivity contribution is -0.113. The number of nitriles is 1. The predicted octanol–water partition coefficient (Wildman–Crippen LogP) is 6.68. The minimum atomic E-state index is -0.198. The average Bonchev–Trinajstić information content (AvgIpc) is 2.75. The van der Waals surface area contributed by atoms with Crippen molar-refractivity contribution < 1.29 is 4.79 Å². The average molecular weight is 450 g/mol. The van der Waals surface area contributed by atoms with Gasteiger partial charge in [0.25, 0.3) is 0 Å². The van der Waals surface area contributed by atoms with Crippen LogP contribution >= 0.6 is 23.4 Å². The molecule has 0 atom stereocenters. The van der Waals surface area contributed by atoms with E-state index < -0.39 is 0 Å². The SMILES string of the molecule is Cc1ccc(N=Nc2c(C)nc(SCC(=O)Nc3ccc(Cl)cc3)c(C#N)c2C)cc1. The van der Waals surface area contributed by atoms with Crippen LogP contribution in [0.15, 0.2) is 63.8 Å². The lowest BCUT2D eigenvalue weighted by Crippen LogP contribution is -2.14. The summed E-state index contributed by atoms with van der Waals surface area (Å²) in [7, 11) is 0. The number of pyridine rings is 1. The minimum absolute atomic E-state index is 0.118. The van der Waals surface area contributed by atoms with Gasteiger partial charge in [0.15, 0.2) is 0 Å². The first-order chi connectivity index (χ1) is 14.9. The molecule has 0 aliphatic rings. The maximum absolute atomic E-state index is 12.3. The van der Waals surface area contributed by atoms with Crippen molar-refractivity contribution in [3.8, 4) is 6.07 Å². The highest BCUT2D eigenvalue weighted by Crippen LogP contribution is 2.33. The van der Waals surface area contributed by atoms with Gasteiger partial charge in [0.2, 0.25) is 5.91 Å². The summed E-state index contributed by atoms with van der Waals surface area (Å²) in [5.74, 6) is -0.0793. The topological polar surface area (TPSA) is 90.5 Å². The molecule has 0 saturated carbocycles. The molecule has 0 fully saturated rings. The molecule has 31 heavy (non-hydrogen) atoms. The Bertz CT molecular complexity index is 1170. The molecular formula is C23H20ClN5OS. The number of hydrogen-bond acceptors (Lipinski definition) is 6. The highest BCUT2D eigenvalue weighted by Gasteiger charge is 2.16. The van der Waals surface area contributed by atoms with E-state index in [2.05, 4.69) is 26.6 Å². The number of nitrogens with zero attached hydrogens (tertiary/aromatic N) is 4. The van der Waals surface area contributed by atoms with Gasteiger partial charge in [0.1, 0.15) is 16.8 Å². The molecule has 0 spiro atoms. The third kappa shape index (κ3) is 5.91. The number of thioether (sulfide) groups is 1. The molecule has 0 unspecified atom stereocenters. The van der Waals surface area contributed by atoms with Crippen LogP contribution in [0.2, 0.25) is 5.02 Å². The molecule has 6 nitrogen and oxygen atoms in total. The second-order valence-electron chi connectivity index (χ2n) is 6.84. The number of halogens is 1. The maximum atomic E-state index is 12.3. The fourth-order valence-corrected chi connectivity index (χ4v) is 3.79. The van der Waals surface area contributed by atoms with Crippen molar-refractivity contribution in [3.05, 3.63) is 75.9 Å². The molecule has 156 valence electrons. The first kappa shape index (κ1) is 22.5. The van der Waals surface area contributed by atoms with Crippen molar-refractivity contribution in [1.82, 2.24) is 4.98 Å². The number of anilines is 1. The molecular weight excluding hydrogens is 430 g/mol. The summed E-state index contributed by atoms with van der Waals surface area (Å²) in [5, 5.41) is 22.2. The Kier molecular flexibility index (Phi) is 7.40. The van der Waals surface area contributed by atoms with E-state index in [0.29, 0.717) is 38.2 Å². The normalized spacial score (nSPS) is 10.8. The van der Waals surface area contributed by atoms with Gasteiger partial charge in [-0.05, 0) is 62.7 Å². The van der Waals surface area contributed by atoms with Gasteiger partial charge < -0.3 is 5.32 Å². The van der Waals surface area contributed by atoms with Crippen molar-refractivity contribution >= 4 is 46.3 Å². The number of amides is 1. The fourth-order valence-electron chi connectivity index (χ4n) is 2.78. The summed E-state index contributed by atoms with van der Waals surface area (Å²) in [6, 6.07) is 16.7. The van der Waals surface area contributed by atoms with Gasteiger partial charge in [-0.3, -0.25) is 4.79 Å². The van der Waals surface area contributed by atoms with E-state index in [1.54, 1.807) is 24.3 Å². The summed E-state index contributed by atoms with van der Waals surface area (Å²) in [4.78, 5) is 16.8. The van der Waals surface area contributed by atoms with Gasteiger partial charge in [-0.15, -0.1) is 5.11 Å². The molecule has 1 aromatic heterocycles. The summed E-state index contributed by atoms with van der Waals surface area (Å²) in [6.45, 7) is 5.63. The third-order valence-electron chi connectivity index (χ3n) is 4.44. The summed E-state index contributed by atoms with van der Waals surface area (Å²) < 4.78 is 0. The number of carbonyl (C=O) groups excluding carboxylic acids is 1. The molecule has 0 aliphatic heterocycles. The molecule has 0 saturated heterocycles. The smallest absolute Gasteiger partial charge is 0.234 e. The van der Waals surface area contributed by atoms with E-state index in [1.807, 2.05) is 45.0 Å². The number of aromatic nitrogens is 1. The Balaban J connectivity index is 1.75. The molecule has 3 aromatic rings. The Labute approximate surface area is 190 Å². The molecule has 1 amide bonds. The van der Waals surface area contributed by atoms with Gasteiger partial charge >= 0.3 is 0 Å². The van der Waals surface area contributed by atoms with Crippen LogP contribution in [0.1, 0.15) is 22.4 Å². The van der Waals surface area contributed by atoms with Crippen LogP contribution in [-0.4, -0.2) is 16.6 Å². The Morgan fingerprint density at radius 2 is 1.77 bits per heavy atom. The Morgan fingerprint density at radius 1 is 1.10 bits per heavy atom. The lowest BCUT2D eigenvalue weighted by atomic mass is 10.1. The molecule has 1 N–H and O–H groups in total. The standard InChI is InChI=1S/C23H20ClN5OS/c1-14-4-8-19(9-5-14)28-29-22-15(2)20(12-25)23(26-16(22)3)31-13-21(30)27-18-10-6-17(24)7-11-18/h4-11H,13H2,1-3H3,(H,27,30). The number of rotatable bonds is 6. The quantitative estimate of drug-likeness (QED) is 0.335. The van der Waals surface area contributed by atoms with E-state index in [0.717, 1.165) is 11.3 Å². The van der Waals surface area contributed by atoms with Crippen LogP contribution in [0.5, 0.6) is 0 Å². The summed E-state index contributed by atoms with van der Waals surface area (Å²) in [5.41, 5.74) is 4.81. The molecule has 1 heterocycles. The van der Waals surface area contributed by atoms with Crippen molar-refractivity contribution in [1.29, 1.82) is 5.26 Å². The predicted molar refractivity (Wildman–Crippen MR) is 125 cm³/mol. The second kappa shape index (κ2) is 10.2. The second-order valence-corrected chi connectivity index (χ2v) is 8.24. The maximum Gasteiger partial charge on any atom is 0.234 e. The van der Waals surface area contributed by atoms with E-state index in [-0.39, 0.29) is 11.7 Å². The highest BCUT2D eigenvalue weighted by molar-refractivity contribution is 8.00. The first-order valence-electron chi connectivity index (χ1n) is 9.45. The van der Waals surface area contributed by atoms with Crippen LogP contribution in [0.25, 0.3) is 0 Å². The molecule has 0 aliphatic carbocycles. The molecule has 3 rings (SSSR count). The van der Waals surface area contributed by atoms with Crippen molar-refractivity contribution in [2.75, 3.05) is 11.1 Å². The fraction of sp³-hybridized carbons (Fsp3) is 0.174. The van der Waals surface area contributed by atoms with Crippen molar-refractivity contribution in [2.24, 2.45) is 10.2 Å². The number of azo groups is 1. The van der Waals surface area contributed by atoms with Crippen molar-refractivity contribution in [3.63, 3.8) is 0 Å². The third-order valence-corrected chi connectivity index (χ3v) is 5.66. The van der Waals surface area contributed by atoms with Crippen LogP contribution in [0, 0.1) is 32.1 Å². The number of aryl methyl sites for hydroxylation is 2. The number of carbonyl (C=O) groups is 1. The van der Waals surface area contributed by atoms with Gasteiger partial charge in [-0.25, -0.2) is 4.98 Å². The van der Waals surface area contributed by atoms with Gasteiger partial charge in [-0.2, -0.15) is 10.4 Å². The van der Waals surface area contributed by atoms with Gasteiger partial charge in [0, 0.05) is 10.7 Å². The first-order valence-corrected chi connectivity index (χ1v) is 10.8. The van der Waals surface area contributed by atoms with Gasteiger partial charge in [0.05, 0.1) is 22.7 Å². The van der Waals surface area contributed by atoms with Gasteiger partial charge in [-0.1, -0.05) is 41.1 Å². The van der Waals surface area contributed by atoms with E-state index in [4.69, 9.17) is 11.6 Å². The number of hydrogen-bond donors (Lipinski definition) is 1. The molecule has 0 radical (unpaired) electrons. The zero-order chi connectivity index (χ0) is 22.4. The minimum Gasteiger partial charge on any atom is -0.325 e. The Morgan fingerprint density at radius 3 is 2.42 bits per heavy atom. The van der Waals surface area contributed by atoms with Crippen molar-refractivity contribution in [2.45, 2.75) is 25.8 Å². The lowest BCUT2D eigenvalue weighted by Gasteiger charge is -2.11. The highest BCUT2D eigenvalue weighted by atomic mass is 35.5. The zero-order valence-electron chi connectivity index (χ0n) is 17.3. The Hall–Kier alpha value is -3.21. The van der Waals surface area contributed by atoms with Crippen LogP contribution in [0.3, 0.4) is 0 Å². The van der Waals surface area contributed by atoms with Crippen LogP contribution < -0.4 is 5.32 Å².